The number of nitro benzene ring substituents is 1. The van der Waals surface area contributed by atoms with Crippen LogP contribution in [0.2, 0.25) is 0 Å². The first kappa shape index (κ1) is 24.1. The van der Waals surface area contributed by atoms with Crippen LogP contribution in [0, 0.1) is 24.0 Å². The van der Waals surface area contributed by atoms with Crippen LogP contribution in [0.3, 0.4) is 0 Å². The fraction of sp³-hybridized carbons (Fsp3) is 0.320. The highest BCUT2D eigenvalue weighted by molar-refractivity contribution is 6.46. The molecule has 1 aliphatic heterocycles. The number of benzene rings is 1. The number of aromatic nitrogens is 2. The zero-order valence-corrected chi connectivity index (χ0v) is 20.1. The molecule has 35 heavy (non-hydrogen) atoms. The van der Waals surface area contributed by atoms with E-state index in [4.69, 9.17) is 0 Å². The molecule has 0 unspecified atom stereocenters. The molecule has 3 aromatic rings. The molecule has 182 valence electrons. The van der Waals surface area contributed by atoms with Gasteiger partial charge in [0, 0.05) is 24.9 Å². The Morgan fingerprint density at radius 2 is 1.86 bits per heavy atom. The van der Waals surface area contributed by atoms with Gasteiger partial charge in [0.1, 0.15) is 11.3 Å². The molecule has 0 spiro atoms. The third-order valence-electron chi connectivity index (χ3n) is 6.21. The second-order valence-electron chi connectivity index (χ2n) is 8.93. The quantitative estimate of drug-likeness (QED) is 0.182. The molecule has 2 aromatic heterocycles. The predicted octanol–water partition coefficient (Wildman–Crippen LogP) is 3.23. The molecule has 10 heteroatoms. The first-order chi connectivity index (χ1) is 16.6. The molecule has 1 fully saturated rings. The maximum absolute atomic E-state index is 13.3. The van der Waals surface area contributed by atoms with Crippen LogP contribution in [0.25, 0.3) is 11.4 Å². The van der Waals surface area contributed by atoms with Crippen LogP contribution < -0.4 is 0 Å². The highest BCUT2D eigenvalue weighted by Gasteiger charge is 2.46. The smallest absolute Gasteiger partial charge is 0.295 e. The summed E-state index contributed by atoms with van der Waals surface area (Å²) >= 11 is 0. The molecule has 1 saturated heterocycles. The summed E-state index contributed by atoms with van der Waals surface area (Å²) in [7, 11) is 3.83. The van der Waals surface area contributed by atoms with E-state index in [1.807, 2.05) is 38.1 Å². The number of rotatable bonds is 7. The van der Waals surface area contributed by atoms with Crippen LogP contribution in [0.15, 0.2) is 48.2 Å². The normalized spacial score (nSPS) is 17.6. The zero-order chi connectivity index (χ0) is 25.4. The zero-order valence-electron chi connectivity index (χ0n) is 20.1. The summed E-state index contributed by atoms with van der Waals surface area (Å²) in [5.41, 5.74) is 2.72. The number of pyridine rings is 1. The Morgan fingerprint density at radius 3 is 2.49 bits per heavy atom. The summed E-state index contributed by atoms with van der Waals surface area (Å²) in [5, 5.41) is 22.6. The molecule has 0 radical (unpaired) electrons. The van der Waals surface area contributed by atoms with Crippen molar-refractivity contribution < 1.29 is 19.6 Å². The number of aryl methyl sites for hydroxylation is 2. The van der Waals surface area contributed by atoms with Crippen molar-refractivity contribution in [2.45, 2.75) is 26.3 Å². The van der Waals surface area contributed by atoms with E-state index in [0.717, 1.165) is 5.56 Å². The number of carbonyl (C=O) groups excluding carboxylic acids is 2. The maximum atomic E-state index is 13.3. The minimum absolute atomic E-state index is 0.0555. The lowest BCUT2D eigenvalue weighted by atomic mass is 9.96. The van der Waals surface area contributed by atoms with Crippen LogP contribution in [0.1, 0.15) is 35.0 Å². The fourth-order valence-corrected chi connectivity index (χ4v) is 4.52. The molecule has 0 bridgehead atoms. The van der Waals surface area contributed by atoms with Crippen LogP contribution in [-0.4, -0.2) is 68.1 Å². The number of aliphatic hydroxyl groups is 1. The van der Waals surface area contributed by atoms with Crippen molar-refractivity contribution in [3.8, 4) is 0 Å². The van der Waals surface area contributed by atoms with Gasteiger partial charge in [0.25, 0.3) is 17.4 Å². The first-order valence-corrected chi connectivity index (χ1v) is 11.2. The van der Waals surface area contributed by atoms with Crippen LogP contribution >= 0.6 is 0 Å². The first-order valence-electron chi connectivity index (χ1n) is 11.2. The number of hydrogen-bond donors (Lipinski definition) is 1. The third kappa shape index (κ3) is 4.28. The Hall–Kier alpha value is -4.05. The molecular weight excluding hydrogens is 450 g/mol. The number of Topliss-reactive ketones (excluding diaryl/α,β-unsaturated/α-hetero) is 1. The second-order valence-corrected chi connectivity index (χ2v) is 8.93. The number of hydrogen-bond acceptors (Lipinski definition) is 7. The Labute approximate surface area is 202 Å². The number of carbonyl (C=O) groups is 2. The van der Waals surface area contributed by atoms with Gasteiger partial charge in [0.2, 0.25) is 0 Å². The second kappa shape index (κ2) is 9.30. The summed E-state index contributed by atoms with van der Waals surface area (Å²) in [6.45, 7) is 4.61. The minimum atomic E-state index is -0.882. The summed E-state index contributed by atoms with van der Waals surface area (Å²) in [6, 6.07) is 8.53. The van der Waals surface area contributed by atoms with Gasteiger partial charge in [-0.25, -0.2) is 4.98 Å². The summed E-state index contributed by atoms with van der Waals surface area (Å²) in [6.07, 6.45) is 2.35. The highest BCUT2D eigenvalue weighted by Crippen LogP contribution is 2.40. The number of fused-ring (bicyclic) bond motifs is 1. The number of aliphatic hydroxyl groups excluding tert-OH is 1. The molecule has 0 saturated carbocycles. The van der Waals surface area contributed by atoms with E-state index in [9.17, 15) is 24.8 Å². The number of non-ortho nitro benzene ring substituents is 1. The molecule has 1 aliphatic rings. The fourth-order valence-electron chi connectivity index (χ4n) is 4.52. The van der Waals surface area contributed by atoms with Gasteiger partial charge in [-0.05, 0) is 70.2 Å². The average molecular weight is 478 g/mol. The molecule has 1 atom stereocenters. The average Bonchev–Trinajstić information content (AvgIpc) is 3.28. The van der Waals surface area contributed by atoms with E-state index in [1.54, 1.807) is 17.5 Å². The third-order valence-corrected chi connectivity index (χ3v) is 6.21. The van der Waals surface area contributed by atoms with Gasteiger partial charge in [0.05, 0.1) is 22.2 Å². The highest BCUT2D eigenvalue weighted by atomic mass is 16.6. The maximum Gasteiger partial charge on any atom is 0.295 e. The van der Waals surface area contributed by atoms with E-state index < -0.39 is 22.7 Å². The number of nitrogens with zero attached hydrogens (tertiary/aromatic N) is 5. The lowest BCUT2D eigenvalue weighted by Gasteiger charge is -2.26. The molecular formula is C25H27N5O5. The molecule has 0 aliphatic carbocycles. The monoisotopic (exact) mass is 477 g/mol. The Morgan fingerprint density at radius 1 is 1.17 bits per heavy atom. The molecule has 1 N–H and O–H groups in total. The van der Waals surface area contributed by atoms with Crippen LogP contribution in [0.4, 0.5) is 5.69 Å². The number of nitro groups is 1. The van der Waals surface area contributed by atoms with Crippen molar-refractivity contribution in [3.05, 3.63) is 80.8 Å². The summed E-state index contributed by atoms with van der Waals surface area (Å²) < 4.78 is 1.70. The van der Waals surface area contributed by atoms with Gasteiger partial charge in [-0.3, -0.25) is 24.1 Å². The lowest BCUT2D eigenvalue weighted by Crippen LogP contribution is -2.32. The SMILES string of the molecule is Cc1nc2c(C)cccn2c1/C(O)=C1\C(=O)C(=O)N(CCCN(C)C)[C@@H]1c1ccc([N+](=O)[O-])cc1. The van der Waals surface area contributed by atoms with Crippen molar-refractivity contribution in [1.29, 1.82) is 0 Å². The molecule has 3 heterocycles. The topological polar surface area (TPSA) is 121 Å². The number of amides is 1. The van der Waals surface area contributed by atoms with Crippen LogP contribution in [-0.2, 0) is 9.59 Å². The van der Waals surface area contributed by atoms with Crippen molar-refractivity contribution in [2.24, 2.45) is 0 Å². The standard InChI is InChI=1S/C25H27N5O5/c1-15-7-5-13-28-20(16(2)26-24(15)28)22(31)19-21(17-8-10-18(11-9-17)30(34)35)29(25(33)23(19)32)14-6-12-27(3)4/h5,7-11,13,21,31H,6,12,14H2,1-4H3/b22-19+/t21-/m1/s1. The van der Waals surface area contributed by atoms with Gasteiger partial charge in [-0.2, -0.15) is 0 Å². The van der Waals surface area contributed by atoms with E-state index in [1.165, 1.54) is 29.2 Å². The Bertz CT molecular complexity index is 1360. The van der Waals surface area contributed by atoms with Crippen molar-refractivity contribution in [2.75, 3.05) is 27.2 Å². The van der Waals surface area contributed by atoms with Crippen molar-refractivity contribution in [3.63, 3.8) is 0 Å². The molecule has 10 nitrogen and oxygen atoms in total. The van der Waals surface area contributed by atoms with Gasteiger partial charge in [-0.15, -0.1) is 0 Å². The van der Waals surface area contributed by atoms with E-state index >= 15 is 0 Å². The van der Waals surface area contributed by atoms with Gasteiger partial charge >= 0.3 is 0 Å². The Kier molecular flexibility index (Phi) is 6.40. The summed E-state index contributed by atoms with van der Waals surface area (Å²) in [5.74, 6) is -1.83. The van der Waals surface area contributed by atoms with Gasteiger partial charge in [0.15, 0.2) is 5.76 Å². The lowest BCUT2D eigenvalue weighted by molar-refractivity contribution is -0.384. The summed E-state index contributed by atoms with van der Waals surface area (Å²) in [4.78, 5) is 45.0. The Balaban J connectivity index is 1.89. The molecule has 1 amide bonds. The largest absolute Gasteiger partial charge is 0.505 e. The van der Waals surface area contributed by atoms with Gasteiger partial charge < -0.3 is 14.9 Å². The number of likely N-dealkylation sites (tertiary alicyclic amines) is 1. The van der Waals surface area contributed by atoms with Gasteiger partial charge in [-0.1, -0.05) is 6.07 Å². The van der Waals surface area contributed by atoms with Crippen LogP contribution in [0.5, 0.6) is 0 Å². The number of imidazole rings is 1. The van der Waals surface area contributed by atoms with E-state index in [0.29, 0.717) is 35.6 Å². The van der Waals surface area contributed by atoms with E-state index in [-0.39, 0.29) is 23.6 Å². The minimum Gasteiger partial charge on any atom is -0.505 e. The molecule has 4 rings (SSSR count). The van der Waals surface area contributed by atoms with Crippen molar-refractivity contribution >= 4 is 28.8 Å². The van der Waals surface area contributed by atoms with Crippen molar-refractivity contribution in [1.82, 2.24) is 19.2 Å². The van der Waals surface area contributed by atoms with E-state index in [2.05, 4.69) is 4.98 Å². The number of ketones is 1. The molecule has 1 aromatic carbocycles. The predicted molar refractivity (Wildman–Crippen MR) is 130 cm³/mol.